The van der Waals surface area contributed by atoms with Crippen molar-refractivity contribution in [1.82, 2.24) is 9.58 Å². The van der Waals surface area contributed by atoms with E-state index in [1.165, 1.54) is 16.8 Å². The van der Waals surface area contributed by atoms with Crippen molar-refractivity contribution >= 4 is 51.4 Å². The number of carbonyl (C=O) groups excluding carboxylic acids is 1. The number of hydrazone groups is 1. The maximum Gasteiger partial charge on any atom is 0.283 e. The lowest BCUT2D eigenvalue weighted by atomic mass is 10.1. The molecule has 0 radical (unpaired) electrons. The molecule has 154 valence electrons. The highest BCUT2D eigenvalue weighted by Crippen LogP contribution is 2.31. The van der Waals surface area contributed by atoms with Crippen molar-refractivity contribution in [2.75, 3.05) is 0 Å². The molecular weight excluding hydrogens is 418 g/mol. The van der Waals surface area contributed by atoms with Gasteiger partial charge < -0.3 is 4.57 Å². The van der Waals surface area contributed by atoms with Crippen LogP contribution in [0.15, 0.2) is 46.0 Å². The van der Waals surface area contributed by atoms with E-state index in [1.54, 1.807) is 6.08 Å². The van der Waals surface area contributed by atoms with Gasteiger partial charge in [0.1, 0.15) is 5.04 Å². The lowest BCUT2D eigenvalue weighted by Crippen LogP contribution is -2.35. The lowest BCUT2D eigenvalue weighted by Gasteiger charge is -2.20. The molecule has 0 fully saturated rings. The Morgan fingerprint density at radius 3 is 2.67 bits per heavy atom. The Hall–Kier alpha value is -2.64. The lowest BCUT2D eigenvalue weighted by molar-refractivity contribution is -0.114. The number of halogens is 1. The summed E-state index contributed by atoms with van der Waals surface area (Å²) in [7, 11) is 0. The van der Waals surface area contributed by atoms with Gasteiger partial charge in [-0.2, -0.15) is 15.1 Å². The summed E-state index contributed by atoms with van der Waals surface area (Å²) in [4.78, 5) is 16.9. The van der Waals surface area contributed by atoms with E-state index in [4.69, 9.17) is 17.0 Å². The Labute approximate surface area is 184 Å². The van der Waals surface area contributed by atoms with Gasteiger partial charge in [0.05, 0.1) is 5.57 Å². The first-order valence-corrected chi connectivity index (χ1v) is 11.0. The average Bonchev–Trinajstić information content (AvgIpc) is 3.24. The number of nitrogens with one attached hydrogen (secondary N) is 1. The second kappa shape index (κ2) is 8.24. The van der Waals surface area contributed by atoms with Crippen LogP contribution in [0.4, 0.5) is 0 Å². The van der Waals surface area contributed by atoms with Gasteiger partial charge in [-0.25, -0.2) is 0 Å². The molecule has 0 saturated heterocycles. The molecule has 1 amide bonds. The summed E-state index contributed by atoms with van der Waals surface area (Å²) in [5, 5.41) is 16.6. The van der Waals surface area contributed by atoms with Crippen LogP contribution in [0, 0.1) is 19.3 Å². The van der Waals surface area contributed by atoms with Crippen LogP contribution in [0.2, 0.25) is 5.02 Å². The molecule has 6 nitrogen and oxygen atoms in total. The Kier molecular flexibility index (Phi) is 5.66. The number of amidine groups is 2. The highest BCUT2D eigenvalue weighted by Gasteiger charge is 2.35. The maximum atomic E-state index is 12.7. The van der Waals surface area contributed by atoms with Crippen molar-refractivity contribution < 1.29 is 4.79 Å². The highest BCUT2D eigenvalue weighted by molar-refractivity contribution is 8.26. The number of aromatic nitrogens is 1. The number of fused-ring (bicyclic) bond motifs is 1. The normalized spacial score (nSPS) is 17.5. The SMILES string of the molecule is CCCCC1=NN2C(=N)C(=Cc3cc(C)n(-c4ccc(Cl)cc4)c3C)C(=O)N=C2S1. The van der Waals surface area contributed by atoms with Gasteiger partial charge in [-0.1, -0.05) is 24.9 Å². The van der Waals surface area contributed by atoms with Crippen LogP contribution in [0.25, 0.3) is 11.8 Å². The van der Waals surface area contributed by atoms with Crippen molar-refractivity contribution in [3.63, 3.8) is 0 Å². The number of amides is 1. The van der Waals surface area contributed by atoms with Crippen LogP contribution in [0.3, 0.4) is 0 Å². The van der Waals surface area contributed by atoms with E-state index in [1.807, 2.05) is 44.2 Å². The summed E-state index contributed by atoms with van der Waals surface area (Å²) in [6.45, 7) is 6.12. The highest BCUT2D eigenvalue weighted by atomic mass is 35.5. The van der Waals surface area contributed by atoms with Crippen LogP contribution < -0.4 is 0 Å². The fourth-order valence-electron chi connectivity index (χ4n) is 3.54. The maximum absolute atomic E-state index is 12.7. The molecular formula is C22H22ClN5OS. The molecule has 0 bridgehead atoms. The molecule has 0 saturated carbocycles. The number of unbranched alkanes of at least 4 members (excludes halogenated alkanes) is 1. The first-order valence-electron chi connectivity index (χ1n) is 9.83. The van der Waals surface area contributed by atoms with Gasteiger partial charge in [-0.05, 0) is 80.4 Å². The standard InChI is InChI=1S/C22H22ClN5OS/c1-4-5-6-19-26-28-20(24)18(21(29)25-22(28)30-19)12-15-11-13(2)27(14(15)3)17-9-7-16(23)8-10-17/h7-12,24H,4-6H2,1-3H3. The van der Waals surface area contributed by atoms with E-state index >= 15 is 0 Å². The van der Waals surface area contributed by atoms with E-state index in [2.05, 4.69) is 21.6 Å². The van der Waals surface area contributed by atoms with Crippen LogP contribution >= 0.6 is 23.4 Å². The third-order valence-electron chi connectivity index (χ3n) is 5.10. The zero-order chi connectivity index (χ0) is 21.4. The number of thioether (sulfide) groups is 1. The number of benzene rings is 1. The molecule has 2 aromatic rings. The summed E-state index contributed by atoms with van der Waals surface area (Å²) in [5.74, 6) is -0.331. The minimum Gasteiger partial charge on any atom is -0.318 e. The molecule has 0 aliphatic carbocycles. The summed E-state index contributed by atoms with van der Waals surface area (Å²) in [6, 6.07) is 9.62. The summed E-state index contributed by atoms with van der Waals surface area (Å²) < 4.78 is 2.10. The topological polar surface area (TPSA) is 73.8 Å². The largest absolute Gasteiger partial charge is 0.318 e. The number of carbonyl (C=O) groups is 1. The summed E-state index contributed by atoms with van der Waals surface area (Å²) in [5.41, 5.74) is 4.11. The molecule has 4 rings (SSSR count). The Bertz CT molecular complexity index is 1130. The van der Waals surface area contributed by atoms with Crippen molar-refractivity contribution in [3.8, 4) is 5.69 Å². The zero-order valence-electron chi connectivity index (χ0n) is 17.1. The zero-order valence-corrected chi connectivity index (χ0v) is 18.6. The number of rotatable bonds is 5. The van der Waals surface area contributed by atoms with Crippen molar-refractivity contribution in [2.45, 2.75) is 40.0 Å². The molecule has 2 aliphatic heterocycles. The molecule has 3 heterocycles. The first-order chi connectivity index (χ1) is 14.4. The molecule has 1 aromatic carbocycles. The first kappa shape index (κ1) is 20.6. The summed E-state index contributed by atoms with van der Waals surface area (Å²) in [6.07, 6.45) is 4.66. The number of hydrogen-bond donors (Lipinski definition) is 1. The average molecular weight is 440 g/mol. The van der Waals surface area contributed by atoms with Crippen molar-refractivity contribution in [3.05, 3.63) is 57.9 Å². The van der Waals surface area contributed by atoms with Crippen LogP contribution in [0.1, 0.15) is 43.1 Å². The van der Waals surface area contributed by atoms with Crippen LogP contribution in [-0.2, 0) is 4.79 Å². The van der Waals surface area contributed by atoms with E-state index < -0.39 is 5.91 Å². The summed E-state index contributed by atoms with van der Waals surface area (Å²) >= 11 is 7.40. The second-order valence-corrected chi connectivity index (χ2v) is 8.73. The van der Waals surface area contributed by atoms with Gasteiger partial charge in [-0.3, -0.25) is 10.2 Å². The minimum atomic E-state index is -0.401. The molecule has 0 spiro atoms. The molecule has 2 aliphatic rings. The molecule has 30 heavy (non-hydrogen) atoms. The smallest absolute Gasteiger partial charge is 0.283 e. The van der Waals surface area contributed by atoms with Gasteiger partial charge in [0, 0.05) is 22.1 Å². The van der Waals surface area contributed by atoms with E-state index in [9.17, 15) is 4.79 Å². The second-order valence-electron chi connectivity index (χ2n) is 7.26. The van der Waals surface area contributed by atoms with Crippen molar-refractivity contribution in [2.24, 2.45) is 10.1 Å². The third-order valence-corrected chi connectivity index (χ3v) is 6.32. The number of nitrogens with zero attached hydrogens (tertiary/aromatic N) is 4. The monoisotopic (exact) mass is 439 g/mol. The van der Waals surface area contributed by atoms with Crippen LogP contribution in [0.5, 0.6) is 0 Å². The fraction of sp³-hybridized carbons (Fsp3) is 0.273. The van der Waals surface area contributed by atoms with E-state index in [0.717, 1.165) is 46.9 Å². The predicted octanol–water partition coefficient (Wildman–Crippen LogP) is 5.56. The Morgan fingerprint density at radius 2 is 1.97 bits per heavy atom. The molecule has 0 atom stereocenters. The van der Waals surface area contributed by atoms with Gasteiger partial charge in [0.2, 0.25) is 5.17 Å². The van der Waals surface area contributed by atoms with Gasteiger partial charge in [-0.15, -0.1) is 0 Å². The number of aryl methyl sites for hydroxylation is 1. The Balaban J connectivity index is 1.68. The van der Waals surface area contributed by atoms with Gasteiger partial charge in [0.25, 0.3) is 5.91 Å². The quantitative estimate of drug-likeness (QED) is 0.620. The van der Waals surface area contributed by atoms with Crippen LogP contribution in [-0.4, -0.2) is 31.5 Å². The Morgan fingerprint density at radius 1 is 1.23 bits per heavy atom. The van der Waals surface area contributed by atoms with E-state index in [0.29, 0.717) is 10.2 Å². The van der Waals surface area contributed by atoms with Gasteiger partial charge >= 0.3 is 0 Å². The predicted molar refractivity (Wildman–Crippen MR) is 125 cm³/mol. The van der Waals surface area contributed by atoms with Gasteiger partial charge in [0.15, 0.2) is 5.84 Å². The third kappa shape index (κ3) is 3.75. The molecule has 1 N–H and O–H groups in total. The molecule has 1 aromatic heterocycles. The van der Waals surface area contributed by atoms with E-state index in [-0.39, 0.29) is 11.4 Å². The van der Waals surface area contributed by atoms with Crippen molar-refractivity contribution in [1.29, 1.82) is 5.41 Å². The number of aliphatic imine (C=N–C) groups is 1. The molecule has 8 heteroatoms. The number of hydrogen-bond acceptors (Lipinski definition) is 4. The fourth-order valence-corrected chi connectivity index (χ4v) is 4.59. The molecule has 0 unspecified atom stereocenters. The minimum absolute atomic E-state index is 0.0697.